The molecule has 0 amide bonds. The molecule has 5 rings (SSSR count). The zero-order valence-electron chi connectivity index (χ0n) is 17.2. The molecule has 1 aromatic heterocycles. The van der Waals surface area contributed by atoms with Crippen molar-refractivity contribution in [3.63, 3.8) is 0 Å². The minimum absolute atomic E-state index is 0.325. The van der Waals surface area contributed by atoms with E-state index < -0.39 is 0 Å². The highest BCUT2D eigenvalue weighted by atomic mass is 16.5. The average molecular weight is 398 g/mol. The number of piperazine rings is 1. The summed E-state index contributed by atoms with van der Waals surface area (Å²) in [6, 6.07) is 8.20. The van der Waals surface area contributed by atoms with Crippen molar-refractivity contribution in [3.05, 3.63) is 35.4 Å². The van der Waals surface area contributed by atoms with Crippen LogP contribution in [0.1, 0.15) is 48.6 Å². The van der Waals surface area contributed by atoms with Gasteiger partial charge in [-0.05, 0) is 56.2 Å². The Kier molecular flexibility index (Phi) is 4.82. The van der Waals surface area contributed by atoms with Crippen LogP contribution in [-0.2, 0) is 6.54 Å². The zero-order valence-corrected chi connectivity index (χ0v) is 17.2. The van der Waals surface area contributed by atoms with Gasteiger partial charge in [-0.25, -0.2) is 0 Å². The second-order valence-corrected chi connectivity index (χ2v) is 8.69. The van der Waals surface area contributed by atoms with Gasteiger partial charge in [-0.15, -0.1) is 0 Å². The van der Waals surface area contributed by atoms with Gasteiger partial charge in [0.15, 0.2) is 11.8 Å². The molecule has 1 aliphatic heterocycles. The predicted octanol–water partition coefficient (Wildman–Crippen LogP) is 3.48. The summed E-state index contributed by atoms with van der Waals surface area (Å²) in [6.07, 6.45) is 4.36. The molecule has 3 aliphatic rings. The maximum Gasteiger partial charge on any atom is 0.197 e. The Labute approximate surface area is 172 Å². The quantitative estimate of drug-likeness (QED) is 0.781. The topological polar surface area (TPSA) is 61.1 Å². The second-order valence-electron chi connectivity index (χ2n) is 8.69. The van der Waals surface area contributed by atoms with E-state index in [1.165, 1.54) is 5.69 Å². The third-order valence-electron chi connectivity index (χ3n) is 7.19. The number of hydrogen-bond donors (Lipinski definition) is 2. The fourth-order valence-corrected chi connectivity index (χ4v) is 5.71. The lowest BCUT2D eigenvalue weighted by Crippen LogP contribution is -2.46. The molecule has 2 bridgehead atoms. The van der Waals surface area contributed by atoms with Gasteiger partial charge in [-0.1, -0.05) is 12.1 Å². The molecule has 2 fully saturated rings. The van der Waals surface area contributed by atoms with Crippen molar-refractivity contribution >= 4 is 5.69 Å². The van der Waals surface area contributed by atoms with Crippen molar-refractivity contribution < 1.29 is 14.9 Å². The molecule has 2 heterocycles. The highest BCUT2D eigenvalue weighted by molar-refractivity contribution is 5.58. The van der Waals surface area contributed by atoms with E-state index in [0.29, 0.717) is 30.1 Å². The largest absolute Gasteiger partial charge is 0.495 e. The Bertz CT molecular complexity index is 852. The third-order valence-corrected chi connectivity index (χ3v) is 7.19. The van der Waals surface area contributed by atoms with Crippen LogP contribution in [0.3, 0.4) is 0 Å². The Hall–Kier alpha value is -2.34. The summed E-state index contributed by atoms with van der Waals surface area (Å²) < 4.78 is 7.25. The Morgan fingerprint density at radius 3 is 2.24 bits per heavy atom. The number of aromatic hydroxyl groups is 2. The minimum atomic E-state index is 0.325. The molecule has 2 atom stereocenters. The van der Waals surface area contributed by atoms with Gasteiger partial charge < -0.3 is 19.8 Å². The van der Waals surface area contributed by atoms with E-state index in [2.05, 4.69) is 21.9 Å². The van der Waals surface area contributed by atoms with Gasteiger partial charge in [-0.3, -0.25) is 9.47 Å². The Morgan fingerprint density at radius 1 is 0.931 bits per heavy atom. The number of fused-ring (bicyclic) bond motifs is 5. The van der Waals surface area contributed by atoms with Gasteiger partial charge in [0.1, 0.15) is 5.75 Å². The first-order valence-electron chi connectivity index (χ1n) is 10.9. The average Bonchev–Trinajstić information content (AvgIpc) is 3.44. The van der Waals surface area contributed by atoms with Crippen LogP contribution >= 0.6 is 0 Å². The monoisotopic (exact) mass is 397 g/mol. The van der Waals surface area contributed by atoms with Crippen molar-refractivity contribution in [2.24, 2.45) is 0 Å². The summed E-state index contributed by atoms with van der Waals surface area (Å²) in [5.41, 5.74) is 3.26. The molecule has 6 nitrogen and oxygen atoms in total. The smallest absolute Gasteiger partial charge is 0.197 e. The minimum Gasteiger partial charge on any atom is -0.495 e. The van der Waals surface area contributed by atoms with Gasteiger partial charge in [0.05, 0.1) is 12.8 Å². The molecule has 2 N–H and O–H groups in total. The van der Waals surface area contributed by atoms with Crippen molar-refractivity contribution in [1.29, 1.82) is 0 Å². The van der Waals surface area contributed by atoms with Crippen LogP contribution in [0.2, 0.25) is 0 Å². The van der Waals surface area contributed by atoms with Gasteiger partial charge in [0.2, 0.25) is 0 Å². The third kappa shape index (κ3) is 3.14. The van der Waals surface area contributed by atoms with Gasteiger partial charge in [0, 0.05) is 43.9 Å². The van der Waals surface area contributed by atoms with E-state index in [1.807, 2.05) is 12.1 Å². The molecule has 2 unspecified atom stereocenters. The molecule has 156 valence electrons. The summed E-state index contributed by atoms with van der Waals surface area (Å²) >= 11 is 0. The van der Waals surface area contributed by atoms with Crippen LogP contribution in [0, 0.1) is 0 Å². The molecule has 29 heavy (non-hydrogen) atoms. The molecule has 6 heteroatoms. The van der Waals surface area contributed by atoms with Gasteiger partial charge in [-0.2, -0.15) is 0 Å². The maximum absolute atomic E-state index is 10.7. The van der Waals surface area contributed by atoms with E-state index in [4.69, 9.17) is 4.74 Å². The molecular weight excluding hydrogens is 366 g/mol. The molecule has 2 aliphatic carbocycles. The molecule has 1 aromatic carbocycles. The van der Waals surface area contributed by atoms with E-state index in [9.17, 15) is 10.2 Å². The van der Waals surface area contributed by atoms with E-state index in [1.54, 1.807) is 11.7 Å². The lowest BCUT2D eigenvalue weighted by Gasteiger charge is -2.36. The molecular formula is C23H31N3O3. The fourth-order valence-electron chi connectivity index (χ4n) is 5.71. The summed E-state index contributed by atoms with van der Waals surface area (Å²) in [7, 11) is 1.72. The van der Waals surface area contributed by atoms with Crippen LogP contribution in [0.4, 0.5) is 5.69 Å². The first-order valence-corrected chi connectivity index (χ1v) is 10.9. The van der Waals surface area contributed by atoms with Crippen molar-refractivity contribution in [2.75, 3.05) is 44.7 Å². The Morgan fingerprint density at radius 2 is 1.59 bits per heavy atom. The van der Waals surface area contributed by atoms with E-state index in [0.717, 1.165) is 75.3 Å². The number of aromatic nitrogens is 1. The van der Waals surface area contributed by atoms with Crippen molar-refractivity contribution in [1.82, 2.24) is 9.47 Å². The number of benzene rings is 1. The highest BCUT2D eigenvalue weighted by Gasteiger charge is 2.43. The van der Waals surface area contributed by atoms with Crippen LogP contribution in [-0.4, -0.2) is 59.5 Å². The molecule has 1 saturated heterocycles. The lowest BCUT2D eigenvalue weighted by molar-refractivity contribution is 0.245. The van der Waals surface area contributed by atoms with Crippen molar-refractivity contribution in [2.45, 2.75) is 44.1 Å². The summed E-state index contributed by atoms with van der Waals surface area (Å²) in [5, 5.41) is 21.3. The maximum atomic E-state index is 10.7. The van der Waals surface area contributed by atoms with Crippen LogP contribution in [0.5, 0.6) is 17.5 Å². The number of methoxy groups -OCH3 is 1. The predicted molar refractivity (Wildman–Crippen MR) is 113 cm³/mol. The van der Waals surface area contributed by atoms with Crippen molar-refractivity contribution in [3.8, 4) is 17.5 Å². The first kappa shape index (κ1) is 18.7. The SMILES string of the molecule is COc1ccccc1N1CCN(CCCn2c(O)c3c(c2O)C2CCC3C2)CC1. The molecule has 0 spiro atoms. The summed E-state index contributed by atoms with van der Waals surface area (Å²) in [4.78, 5) is 4.86. The zero-order chi connectivity index (χ0) is 20.0. The summed E-state index contributed by atoms with van der Waals surface area (Å²) in [6.45, 7) is 5.66. The highest BCUT2D eigenvalue weighted by Crippen LogP contribution is 2.59. The van der Waals surface area contributed by atoms with E-state index >= 15 is 0 Å². The second kappa shape index (κ2) is 7.48. The number of anilines is 1. The fraction of sp³-hybridized carbons (Fsp3) is 0.565. The molecule has 2 aromatic rings. The Balaban J connectivity index is 1.16. The van der Waals surface area contributed by atoms with Gasteiger partial charge >= 0.3 is 0 Å². The standard InChI is InChI=1S/C23H31N3O3/c1-29-19-6-3-2-5-18(19)25-13-11-24(12-14-25)9-4-10-26-22(27)20-16-7-8-17(15-16)21(20)23(26)28/h2-3,5-6,16-17,27-28H,4,7-15H2,1H3. The van der Waals surface area contributed by atoms with Gasteiger partial charge in [0.25, 0.3) is 0 Å². The van der Waals surface area contributed by atoms with Crippen LogP contribution in [0.15, 0.2) is 24.3 Å². The van der Waals surface area contributed by atoms with Crippen LogP contribution < -0.4 is 9.64 Å². The number of para-hydroxylation sites is 2. The summed E-state index contributed by atoms with van der Waals surface area (Å²) in [5.74, 6) is 2.51. The van der Waals surface area contributed by atoms with Crippen LogP contribution in [0.25, 0.3) is 0 Å². The lowest BCUT2D eigenvalue weighted by atomic mass is 9.95. The molecule has 0 radical (unpaired) electrons. The number of rotatable bonds is 6. The number of ether oxygens (including phenoxy) is 1. The normalized spacial score (nSPS) is 23.6. The number of hydrogen-bond acceptors (Lipinski definition) is 5. The number of nitrogens with zero attached hydrogens (tertiary/aromatic N) is 3. The molecule has 1 saturated carbocycles. The van der Waals surface area contributed by atoms with E-state index in [-0.39, 0.29) is 0 Å². The first-order chi connectivity index (χ1) is 14.2.